The van der Waals surface area contributed by atoms with E-state index in [4.69, 9.17) is 0 Å². The zero-order chi connectivity index (χ0) is 13.9. The highest BCUT2D eigenvalue weighted by molar-refractivity contribution is 7.99. The Morgan fingerprint density at radius 2 is 1.90 bits per heavy atom. The fourth-order valence-electron chi connectivity index (χ4n) is 1.97. The van der Waals surface area contributed by atoms with Crippen molar-refractivity contribution in [3.63, 3.8) is 0 Å². The zero-order valence-corrected chi connectivity index (χ0v) is 12.1. The highest BCUT2D eigenvalue weighted by atomic mass is 32.2. The van der Waals surface area contributed by atoms with Crippen molar-refractivity contribution in [3.05, 3.63) is 60.0 Å². The first kappa shape index (κ1) is 12.9. The van der Waals surface area contributed by atoms with E-state index in [0.29, 0.717) is 0 Å². The van der Waals surface area contributed by atoms with Crippen LogP contribution < -0.4 is 0 Å². The standard InChI is InChI=1S/C15H14N4S/c1-11-6-5-7-13(10-11)19-12(2)17-18-15(19)20-14-8-3-4-9-16-14/h3-10H,1-2H3. The molecule has 0 amide bonds. The second-order valence-corrected chi connectivity index (χ2v) is 5.46. The van der Waals surface area contributed by atoms with Crippen molar-refractivity contribution in [1.82, 2.24) is 19.7 Å². The number of hydrogen-bond donors (Lipinski definition) is 0. The molecule has 0 aliphatic heterocycles. The summed E-state index contributed by atoms with van der Waals surface area (Å²) in [5.41, 5.74) is 2.29. The Labute approximate surface area is 121 Å². The van der Waals surface area contributed by atoms with Gasteiger partial charge in [0, 0.05) is 11.9 Å². The summed E-state index contributed by atoms with van der Waals surface area (Å²) in [5.74, 6) is 0.869. The number of rotatable bonds is 3. The van der Waals surface area contributed by atoms with Gasteiger partial charge in [0.15, 0.2) is 0 Å². The third-order valence-corrected chi connectivity index (χ3v) is 3.79. The van der Waals surface area contributed by atoms with E-state index in [-0.39, 0.29) is 0 Å². The largest absolute Gasteiger partial charge is 0.274 e. The maximum Gasteiger partial charge on any atom is 0.202 e. The molecule has 2 heterocycles. The summed E-state index contributed by atoms with van der Waals surface area (Å²) < 4.78 is 2.05. The minimum absolute atomic E-state index is 0.826. The van der Waals surface area contributed by atoms with E-state index >= 15 is 0 Å². The number of hydrogen-bond acceptors (Lipinski definition) is 4. The second kappa shape index (κ2) is 5.46. The first-order valence-corrected chi connectivity index (χ1v) is 7.13. The topological polar surface area (TPSA) is 43.6 Å². The molecule has 4 nitrogen and oxygen atoms in total. The Morgan fingerprint density at radius 3 is 2.65 bits per heavy atom. The van der Waals surface area contributed by atoms with Crippen LogP contribution in [0.25, 0.3) is 5.69 Å². The van der Waals surface area contributed by atoms with Crippen LogP contribution in [0.5, 0.6) is 0 Å². The van der Waals surface area contributed by atoms with E-state index < -0.39 is 0 Å². The van der Waals surface area contributed by atoms with Crippen LogP contribution in [-0.2, 0) is 0 Å². The van der Waals surface area contributed by atoms with Crippen molar-refractivity contribution in [2.24, 2.45) is 0 Å². The molecular weight excluding hydrogens is 268 g/mol. The van der Waals surface area contributed by atoms with Gasteiger partial charge >= 0.3 is 0 Å². The van der Waals surface area contributed by atoms with Crippen LogP contribution in [0.1, 0.15) is 11.4 Å². The van der Waals surface area contributed by atoms with Gasteiger partial charge in [0.05, 0.1) is 0 Å². The minimum atomic E-state index is 0.826. The molecule has 3 aromatic rings. The summed E-state index contributed by atoms with van der Waals surface area (Å²) in [4.78, 5) is 4.32. The predicted molar refractivity (Wildman–Crippen MR) is 79.2 cm³/mol. The van der Waals surface area contributed by atoms with Crippen molar-refractivity contribution < 1.29 is 0 Å². The summed E-state index contributed by atoms with van der Waals surface area (Å²) in [6, 6.07) is 14.1. The average Bonchev–Trinajstić information content (AvgIpc) is 2.81. The van der Waals surface area contributed by atoms with Crippen LogP contribution in [0, 0.1) is 13.8 Å². The lowest BCUT2D eigenvalue weighted by Gasteiger charge is -2.08. The van der Waals surface area contributed by atoms with Gasteiger partial charge in [-0.25, -0.2) is 4.98 Å². The molecule has 0 radical (unpaired) electrons. The van der Waals surface area contributed by atoms with Gasteiger partial charge in [-0.15, -0.1) is 10.2 Å². The number of nitrogens with zero attached hydrogens (tertiary/aromatic N) is 4. The lowest BCUT2D eigenvalue weighted by molar-refractivity contribution is 0.865. The van der Waals surface area contributed by atoms with Gasteiger partial charge in [-0.05, 0) is 55.4 Å². The number of pyridine rings is 1. The minimum Gasteiger partial charge on any atom is -0.274 e. The molecular formula is C15H14N4S. The zero-order valence-electron chi connectivity index (χ0n) is 11.3. The molecule has 20 heavy (non-hydrogen) atoms. The van der Waals surface area contributed by atoms with E-state index in [1.807, 2.05) is 35.8 Å². The maximum absolute atomic E-state index is 4.32. The second-order valence-electron chi connectivity index (χ2n) is 4.47. The molecule has 0 unspecified atom stereocenters. The third-order valence-electron chi connectivity index (χ3n) is 2.89. The van der Waals surface area contributed by atoms with E-state index in [9.17, 15) is 0 Å². The molecule has 3 rings (SSSR count). The molecule has 0 aliphatic rings. The lowest BCUT2D eigenvalue weighted by Crippen LogP contribution is -1.99. The van der Waals surface area contributed by atoms with Gasteiger partial charge in [0.2, 0.25) is 5.16 Å². The molecule has 0 saturated heterocycles. The van der Waals surface area contributed by atoms with Gasteiger partial charge in [0.1, 0.15) is 10.9 Å². The van der Waals surface area contributed by atoms with Crippen molar-refractivity contribution in [1.29, 1.82) is 0 Å². The molecule has 0 spiro atoms. The van der Waals surface area contributed by atoms with E-state index in [1.54, 1.807) is 6.20 Å². The van der Waals surface area contributed by atoms with E-state index in [2.05, 4.69) is 40.3 Å². The van der Waals surface area contributed by atoms with Crippen LogP contribution in [0.2, 0.25) is 0 Å². The Hall–Kier alpha value is -2.14. The Morgan fingerprint density at radius 1 is 1.00 bits per heavy atom. The number of benzene rings is 1. The smallest absolute Gasteiger partial charge is 0.202 e. The summed E-state index contributed by atoms with van der Waals surface area (Å²) in [6.07, 6.45) is 1.78. The first-order valence-electron chi connectivity index (χ1n) is 6.32. The van der Waals surface area contributed by atoms with Crippen molar-refractivity contribution in [3.8, 4) is 5.69 Å². The van der Waals surface area contributed by atoms with Crippen molar-refractivity contribution >= 4 is 11.8 Å². The third kappa shape index (κ3) is 2.58. The first-order chi connectivity index (χ1) is 9.74. The average molecular weight is 282 g/mol. The highest BCUT2D eigenvalue weighted by Gasteiger charge is 2.12. The summed E-state index contributed by atoms with van der Waals surface area (Å²) >= 11 is 1.51. The molecule has 100 valence electrons. The maximum atomic E-state index is 4.32. The van der Waals surface area contributed by atoms with Crippen molar-refractivity contribution in [2.45, 2.75) is 24.0 Å². The van der Waals surface area contributed by atoms with Crippen LogP contribution in [0.4, 0.5) is 0 Å². The quantitative estimate of drug-likeness (QED) is 0.738. The fraction of sp³-hybridized carbons (Fsp3) is 0.133. The number of aryl methyl sites for hydroxylation is 2. The summed E-state index contributed by atoms with van der Waals surface area (Å²) in [6.45, 7) is 4.03. The van der Waals surface area contributed by atoms with Gasteiger partial charge in [-0.2, -0.15) is 0 Å². The molecule has 0 fully saturated rings. The molecule has 0 saturated carbocycles. The Kier molecular flexibility index (Phi) is 3.52. The monoisotopic (exact) mass is 282 g/mol. The molecule has 5 heteroatoms. The van der Waals surface area contributed by atoms with Gasteiger partial charge in [-0.1, -0.05) is 18.2 Å². The van der Waals surface area contributed by atoms with Gasteiger partial charge in [0.25, 0.3) is 0 Å². The summed E-state index contributed by atoms with van der Waals surface area (Å²) in [5, 5.41) is 10.2. The fourth-order valence-corrected chi connectivity index (χ4v) is 2.83. The van der Waals surface area contributed by atoms with Gasteiger partial charge in [-0.3, -0.25) is 4.57 Å². The van der Waals surface area contributed by atoms with Gasteiger partial charge < -0.3 is 0 Å². The molecule has 2 aromatic heterocycles. The van der Waals surface area contributed by atoms with E-state index in [1.165, 1.54) is 17.3 Å². The number of aromatic nitrogens is 4. The molecule has 0 atom stereocenters. The molecule has 0 bridgehead atoms. The Balaban J connectivity index is 2.02. The molecule has 0 aliphatic carbocycles. The van der Waals surface area contributed by atoms with Crippen LogP contribution in [-0.4, -0.2) is 19.7 Å². The van der Waals surface area contributed by atoms with Crippen LogP contribution >= 0.6 is 11.8 Å². The van der Waals surface area contributed by atoms with Crippen molar-refractivity contribution in [2.75, 3.05) is 0 Å². The SMILES string of the molecule is Cc1cccc(-n2c(C)nnc2Sc2ccccn2)c1. The van der Waals surface area contributed by atoms with Crippen LogP contribution in [0.3, 0.4) is 0 Å². The van der Waals surface area contributed by atoms with E-state index in [0.717, 1.165) is 21.7 Å². The predicted octanol–water partition coefficient (Wildman–Crippen LogP) is 3.43. The molecule has 1 aromatic carbocycles. The normalized spacial score (nSPS) is 10.7. The van der Waals surface area contributed by atoms with Crippen LogP contribution in [0.15, 0.2) is 58.8 Å². The lowest BCUT2D eigenvalue weighted by atomic mass is 10.2. The highest BCUT2D eigenvalue weighted by Crippen LogP contribution is 2.27. The Bertz CT molecular complexity index is 722. The summed E-state index contributed by atoms with van der Waals surface area (Å²) in [7, 11) is 0. The molecule has 0 N–H and O–H groups in total.